The average molecular weight is 442 g/mol. The van der Waals surface area contributed by atoms with Gasteiger partial charge in [-0.3, -0.25) is 9.69 Å². The molecule has 0 bridgehead atoms. The molecule has 1 N–H and O–H groups in total. The number of rotatable bonds is 9. The summed E-state index contributed by atoms with van der Waals surface area (Å²) < 4.78 is 15.4. The van der Waals surface area contributed by atoms with Crippen molar-refractivity contribution >= 4 is 40.6 Å². The van der Waals surface area contributed by atoms with Gasteiger partial charge in [-0.1, -0.05) is 12.1 Å². The summed E-state index contributed by atoms with van der Waals surface area (Å²) in [6, 6.07) is 14.1. The van der Waals surface area contributed by atoms with Gasteiger partial charge in [0.15, 0.2) is 11.8 Å². The Bertz CT molecular complexity index is 986. The number of amides is 1. The highest BCUT2D eigenvalue weighted by Gasteiger charge is 2.33. The predicted molar refractivity (Wildman–Crippen MR) is 119 cm³/mol. The fraction of sp³-hybridized carbons (Fsp3) is 0.227. The van der Waals surface area contributed by atoms with Crippen LogP contribution in [0.5, 0.6) is 11.5 Å². The number of hydrogen-bond donors (Lipinski definition) is 1. The van der Waals surface area contributed by atoms with Crippen LogP contribution in [0.2, 0.25) is 0 Å². The molecule has 1 aliphatic rings. The van der Waals surface area contributed by atoms with Gasteiger partial charge in [-0.05, 0) is 59.8 Å². The minimum absolute atomic E-state index is 0.152. The molecule has 1 saturated heterocycles. The second-order valence-corrected chi connectivity index (χ2v) is 7.41. The topological polar surface area (TPSA) is 97.7 Å². The number of carbonyl (C=O) groups excluding carboxylic acids is 1. The summed E-state index contributed by atoms with van der Waals surface area (Å²) >= 11 is 1.29. The van der Waals surface area contributed by atoms with Crippen LogP contribution in [0, 0.1) is 0 Å². The second-order valence-electron chi connectivity index (χ2n) is 6.40. The van der Waals surface area contributed by atoms with Gasteiger partial charge in [0.1, 0.15) is 11.5 Å². The molecule has 31 heavy (non-hydrogen) atoms. The highest BCUT2D eigenvalue weighted by molar-refractivity contribution is 8.18. The molecule has 8 nitrogen and oxygen atoms in total. The molecule has 0 atom stereocenters. The van der Waals surface area contributed by atoms with E-state index in [0.717, 1.165) is 11.3 Å². The van der Waals surface area contributed by atoms with Gasteiger partial charge in [0.2, 0.25) is 0 Å². The Morgan fingerprint density at radius 1 is 1.10 bits per heavy atom. The van der Waals surface area contributed by atoms with E-state index in [1.807, 2.05) is 24.3 Å². The number of benzene rings is 2. The molecular formula is C22H22N2O6S. The monoisotopic (exact) mass is 442 g/mol. The number of thioether (sulfide) groups is 1. The van der Waals surface area contributed by atoms with E-state index in [0.29, 0.717) is 34.7 Å². The van der Waals surface area contributed by atoms with Gasteiger partial charge in [-0.15, -0.1) is 0 Å². The summed E-state index contributed by atoms with van der Waals surface area (Å²) in [6.07, 6.45) is 1.77. The lowest BCUT2D eigenvalue weighted by atomic mass is 10.2. The number of ether oxygens (including phenoxy) is 3. The van der Waals surface area contributed by atoms with Crippen molar-refractivity contribution in [2.45, 2.75) is 0 Å². The molecule has 0 aliphatic carbocycles. The van der Waals surface area contributed by atoms with Crippen LogP contribution in [-0.2, 0) is 14.3 Å². The van der Waals surface area contributed by atoms with Crippen LogP contribution in [0.3, 0.4) is 0 Å². The number of methoxy groups -OCH3 is 2. The Hall–Kier alpha value is -3.30. The lowest BCUT2D eigenvalue weighted by Gasteiger charge is -2.14. The first-order valence-corrected chi connectivity index (χ1v) is 10.2. The molecule has 0 radical (unpaired) electrons. The molecule has 0 aromatic heterocycles. The van der Waals surface area contributed by atoms with Crippen molar-refractivity contribution in [3.05, 3.63) is 59.0 Å². The van der Waals surface area contributed by atoms with Crippen molar-refractivity contribution in [1.82, 2.24) is 4.90 Å². The fourth-order valence-corrected chi connectivity index (χ4v) is 3.72. The number of carboxylic acids is 1. The van der Waals surface area contributed by atoms with Gasteiger partial charge in [0.05, 0.1) is 30.9 Å². The van der Waals surface area contributed by atoms with E-state index in [-0.39, 0.29) is 5.91 Å². The van der Waals surface area contributed by atoms with Crippen LogP contribution in [-0.4, -0.2) is 61.0 Å². The summed E-state index contributed by atoms with van der Waals surface area (Å²) in [5, 5.41) is 9.26. The first-order valence-electron chi connectivity index (χ1n) is 9.38. The van der Waals surface area contributed by atoms with Crippen molar-refractivity contribution in [3.63, 3.8) is 0 Å². The number of hydrogen-bond acceptors (Lipinski definition) is 7. The zero-order valence-corrected chi connectivity index (χ0v) is 17.9. The normalized spacial score (nSPS) is 16.2. The third kappa shape index (κ3) is 6.09. The molecule has 1 fully saturated rings. The molecule has 1 amide bonds. The van der Waals surface area contributed by atoms with Crippen LogP contribution in [0.15, 0.2) is 58.4 Å². The minimum Gasteiger partial charge on any atom is -0.497 e. The highest BCUT2D eigenvalue weighted by atomic mass is 32.2. The molecular weight excluding hydrogens is 420 g/mol. The molecule has 0 unspecified atom stereocenters. The van der Waals surface area contributed by atoms with Crippen LogP contribution in [0.1, 0.15) is 5.56 Å². The van der Waals surface area contributed by atoms with Crippen molar-refractivity contribution in [2.75, 3.05) is 34.0 Å². The molecule has 0 spiro atoms. The van der Waals surface area contributed by atoms with Gasteiger partial charge >= 0.3 is 5.97 Å². The van der Waals surface area contributed by atoms with E-state index in [4.69, 9.17) is 19.3 Å². The van der Waals surface area contributed by atoms with Crippen molar-refractivity contribution in [3.8, 4) is 11.5 Å². The van der Waals surface area contributed by atoms with E-state index < -0.39 is 12.6 Å². The molecule has 1 heterocycles. The Morgan fingerprint density at radius 3 is 2.39 bits per heavy atom. The molecule has 3 rings (SSSR count). The average Bonchev–Trinajstić information content (AvgIpc) is 3.06. The molecule has 2 aromatic carbocycles. The number of nitrogens with zero attached hydrogens (tertiary/aromatic N) is 2. The lowest BCUT2D eigenvalue weighted by molar-refractivity contribution is -0.139. The van der Waals surface area contributed by atoms with Gasteiger partial charge in [0, 0.05) is 7.11 Å². The SMILES string of the molecule is COCCN1C(=O)/C(=C/c2ccc(OCC(=O)O)cc2)SC1=Nc1ccc(OC)cc1. The first-order chi connectivity index (χ1) is 15.0. The number of carboxylic acid groups (broad SMARTS) is 1. The lowest BCUT2D eigenvalue weighted by Crippen LogP contribution is -2.32. The molecule has 2 aromatic rings. The van der Waals surface area contributed by atoms with E-state index >= 15 is 0 Å². The number of amidine groups is 1. The van der Waals surface area contributed by atoms with Crippen LogP contribution >= 0.6 is 11.8 Å². The Kier molecular flexibility index (Phi) is 7.69. The number of carbonyl (C=O) groups is 2. The van der Waals surface area contributed by atoms with E-state index in [9.17, 15) is 9.59 Å². The smallest absolute Gasteiger partial charge is 0.341 e. The Balaban J connectivity index is 1.81. The maximum Gasteiger partial charge on any atom is 0.341 e. The molecule has 1 aliphatic heterocycles. The third-order valence-corrected chi connectivity index (χ3v) is 5.25. The number of aliphatic carboxylic acids is 1. The van der Waals surface area contributed by atoms with Crippen LogP contribution < -0.4 is 9.47 Å². The first kappa shape index (κ1) is 22.4. The van der Waals surface area contributed by atoms with Gasteiger partial charge < -0.3 is 19.3 Å². The summed E-state index contributed by atoms with van der Waals surface area (Å²) in [7, 11) is 3.18. The minimum atomic E-state index is -1.04. The fourth-order valence-electron chi connectivity index (χ4n) is 2.70. The summed E-state index contributed by atoms with van der Waals surface area (Å²) in [5.41, 5.74) is 1.50. The maximum atomic E-state index is 13.0. The van der Waals surface area contributed by atoms with Crippen molar-refractivity contribution in [2.24, 2.45) is 4.99 Å². The van der Waals surface area contributed by atoms with Gasteiger partial charge in [-0.2, -0.15) is 0 Å². The zero-order chi connectivity index (χ0) is 22.2. The van der Waals surface area contributed by atoms with Crippen LogP contribution in [0.25, 0.3) is 6.08 Å². The van der Waals surface area contributed by atoms with Crippen LogP contribution in [0.4, 0.5) is 5.69 Å². The zero-order valence-electron chi connectivity index (χ0n) is 17.1. The predicted octanol–water partition coefficient (Wildman–Crippen LogP) is 3.41. The van der Waals surface area contributed by atoms with Gasteiger partial charge in [0.25, 0.3) is 5.91 Å². The number of aliphatic imine (C=N–C) groups is 1. The standard InChI is InChI=1S/C22H22N2O6S/c1-28-12-11-24-21(27)19(13-15-3-7-18(8-4-15)30-14-20(25)26)31-22(24)23-16-5-9-17(29-2)10-6-16/h3-10,13H,11-12,14H2,1-2H3,(H,25,26)/b19-13-,23-22?. The Labute approximate surface area is 184 Å². The quantitative estimate of drug-likeness (QED) is 0.594. The van der Waals surface area contributed by atoms with E-state index in [1.165, 1.54) is 11.8 Å². The summed E-state index contributed by atoms with van der Waals surface area (Å²) in [5.74, 6) is -0.0235. The van der Waals surface area contributed by atoms with Crippen molar-refractivity contribution in [1.29, 1.82) is 0 Å². The molecule has 9 heteroatoms. The van der Waals surface area contributed by atoms with Gasteiger partial charge in [-0.25, -0.2) is 9.79 Å². The second kappa shape index (κ2) is 10.6. The van der Waals surface area contributed by atoms with E-state index in [2.05, 4.69) is 4.99 Å². The molecule has 162 valence electrons. The summed E-state index contributed by atoms with van der Waals surface area (Å²) in [6.45, 7) is 0.363. The summed E-state index contributed by atoms with van der Waals surface area (Å²) in [4.78, 5) is 30.3. The third-order valence-electron chi connectivity index (χ3n) is 4.24. The largest absolute Gasteiger partial charge is 0.497 e. The molecule has 0 saturated carbocycles. The maximum absolute atomic E-state index is 13.0. The Morgan fingerprint density at radius 2 is 1.77 bits per heavy atom. The van der Waals surface area contributed by atoms with Crippen molar-refractivity contribution < 1.29 is 28.9 Å². The van der Waals surface area contributed by atoms with E-state index in [1.54, 1.807) is 49.5 Å². The highest BCUT2D eigenvalue weighted by Crippen LogP contribution is 2.34.